The monoisotopic (exact) mass is 492 g/mol. The van der Waals surface area contributed by atoms with Crippen molar-refractivity contribution in [2.24, 2.45) is 5.10 Å². The first-order valence-corrected chi connectivity index (χ1v) is 11.6. The van der Waals surface area contributed by atoms with Crippen molar-refractivity contribution < 1.29 is 23.8 Å². The fourth-order valence-electron chi connectivity index (χ4n) is 3.82. The maximum absolute atomic E-state index is 12.1. The number of hydrazone groups is 1. The fourth-order valence-corrected chi connectivity index (χ4v) is 3.82. The van der Waals surface area contributed by atoms with Crippen LogP contribution >= 0.6 is 0 Å². The Kier molecular flexibility index (Phi) is 9.10. The molecule has 0 atom stereocenters. The van der Waals surface area contributed by atoms with Gasteiger partial charge in [0.1, 0.15) is 5.75 Å². The van der Waals surface area contributed by atoms with Crippen LogP contribution < -0.4 is 25.0 Å². The van der Waals surface area contributed by atoms with E-state index in [0.29, 0.717) is 24.5 Å². The van der Waals surface area contributed by atoms with Gasteiger partial charge in [0.05, 0.1) is 27.0 Å². The van der Waals surface area contributed by atoms with E-state index in [-0.39, 0.29) is 6.54 Å². The largest absolute Gasteiger partial charge is 0.494 e. The zero-order valence-corrected chi connectivity index (χ0v) is 21.3. The van der Waals surface area contributed by atoms with Crippen LogP contribution in [0.2, 0.25) is 0 Å². The number of methoxy groups -OCH3 is 2. The van der Waals surface area contributed by atoms with Crippen molar-refractivity contribution in [3.8, 4) is 22.9 Å². The van der Waals surface area contributed by atoms with Gasteiger partial charge in [-0.25, -0.2) is 5.43 Å². The summed E-state index contributed by atoms with van der Waals surface area (Å²) in [4.78, 5) is 24.3. The van der Waals surface area contributed by atoms with Gasteiger partial charge in [0, 0.05) is 29.2 Å². The second-order valence-corrected chi connectivity index (χ2v) is 7.98. The highest BCUT2D eigenvalue weighted by molar-refractivity contribution is 6.35. The first kappa shape index (κ1) is 26.3. The number of nitrogens with zero attached hydrogens (tertiary/aromatic N) is 2. The van der Waals surface area contributed by atoms with Crippen LogP contribution in [0.1, 0.15) is 29.4 Å². The highest BCUT2D eigenvalue weighted by atomic mass is 16.5. The summed E-state index contributed by atoms with van der Waals surface area (Å²) in [6.07, 6.45) is 2.06. The maximum atomic E-state index is 12.1. The van der Waals surface area contributed by atoms with Crippen LogP contribution in [0.15, 0.2) is 53.6 Å². The van der Waals surface area contributed by atoms with E-state index in [0.717, 1.165) is 34.0 Å². The van der Waals surface area contributed by atoms with E-state index in [9.17, 15) is 9.59 Å². The van der Waals surface area contributed by atoms with E-state index in [1.807, 2.05) is 63.2 Å². The van der Waals surface area contributed by atoms with Crippen molar-refractivity contribution in [1.82, 2.24) is 15.3 Å². The summed E-state index contributed by atoms with van der Waals surface area (Å²) in [7, 11) is 3.13. The minimum atomic E-state index is -0.834. The molecule has 0 aliphatic rings. The SMILES string of the molecule is CCOc1ccc(-n2c(C)cc(/C=N\NC(=O)C(=O)NCCc3ccc(OC)c(OC)c3)c2C)cc1. The lowest BCUT2D eigenvalue weighted by Gasteiger charge is -2.11. The summed E-state index contributed by atoms with van der Waals surface area (Å²) in [6, 6.07) is 15.3. The van der Waals surface area contributed by atoms with Crippen LogP contribution in [0.5, 0.6) is 17.2 Å². The van der Waals surface area contributed by atoms with Crippen molar-refractivity contribution in [3.63, 3.8) is 0 Å². The second kappa shape index (κ2) is 12.4. The number of carbonyl (C=O) groups excluding carboxylic acids is 2. The first-order valence-electron chi connectivity index (χ1n) is 11.6. The minimum Gasteiger partial charge on any atom is -0.494 e. The average Bonchev–Trinajstić information content (AvgIpc) is 3.17. The Balaban J connectivity index is 1.54. The molecule has 2 N–H and O–H groups in total. The van der Waals surface area contributed by atoms with Crippen molar-refractivity contribution >= 4 is 18.0 Å². The normalized spacial score (nSPS) is 10.8. The lowest BCUT2D eigenvalue weighted by molar-refractivity contribution is -0.139. The minimum absolute atomic E-state index is 0.286. The molecule has 0 saturated carbocycles. The second-order valence-electron chi connectivity index (χ2n) is 7.98. The lowest BCUT2D eigenvalue weighted by Crippen LogP contribution is -2.38. The first-order chi connectivity index (χ1) is 17.4. The molecule has 2 aromatic carbocycles. The van der Waals surface area contributed by atoms with Crippen molar-refractivity contribution in [1.29, 1.82) is 0 Å². The molecule has 1 aromatic heterocycles. The molecule has 3 rings (SSSR count). The molecule has 190 valence electrons. The molecule has 0 aliphatic heterocycles. The van der Waals surface area contributed by atoms with E-state index in [1.165, 1.54) is 6.21 Å². The van der Waals surface area contributed by atoms with E-state index < -0.39 is 11.8 Å². The van der Waals surface area contributed by atoms with E-state index in [2.05, 4.69) is 20.4 Å². The molecule has 9 nitrogen and oxygen atoms in total. The molecule has 0 aliphatic carbocycles. The molecule has 2 amide bonds. The number of ether oxygens (including phenoxy) is 3. The molecule has 9 heteroatoms. The average molecular weight is 493 g/mol. The zero-order valence-electron chi connectivity index (χ0n) is 21.3. The van der Waals surface area contributed by atoms with Crippen LogP contribution in [0.3, 0.4) is 0 Å². The number of hydrogen-bond donors (Lipinski definition) is 2. The van der Waals surface area contributed by atoms with Gasteiger partial charge in [-0.05, 0) is 75.2 Å². The number of hydrogen-bond acceptors (Lipinski definition) is 6. The summed E-state index contributed by atoms with van der Waals surface area (Å²) in [5.74, 6) is 0.458. The van der Waals surface area contributed by atoms with Crippen LogP contribution in [-0.2, 0) is 16.0 Å². The lowest BCUT2D eigenvalue weighted by atomic mass is 10.1. The zero-order chi connectivity index (χ0) is 26.1. The predicted molar refractivity (Wildman–Crippen MR) is 138 cm³/mol. The molecule has 0 bridgehead atoms. The van der Waals surface area contributed by atoms with Gasteiger partial charge in [-0.15, -0.1) is 0 Å². The third-order valence-electron chi connectivity index (χ3n) is 5.60. The van der Waals surface area contributed by atoms with Gasteiger partial charge < -0.3 is 24.1 Å². The van der Waals surface area contributed by atoms with Gasteiger partial charge in [0.2, 0.25) is 0 Å². The quantitative estimate of drug-likeness (QED) is 0.257. The topological polar surface area (TPSA) is 103 Å². The maximum Gasteiger partial charge on any atom is 0.329 e. The summed E-state index contributed by atoms with van der Waals surface area (Å²) >= 11 is 0. The summed E-state index contributed by atoms with van der Waals surface area (Å²) in [5.41, 5.74) is 7.01. The highest BCUT2D eigenvalue weighted by Crippen LogP contribution is 2.27. The number of carbonyl (C=O) groups is 2. The third kappa shape index (κ3) is 6.44. The van der Waals surface area contributed by atoms with E-state index in [1.54, 1.807) is 20.3 Å². The van der Waals surface area contributed by atoms with Crippen LogP contribution in [-0.4, -0.2) is 50.0 Å². The Morgan fingerprint density at radius 3 is 2.36 bits per heavy atom. The molecular formula is C27H32N4O5. The molecule has 36 heavy (non-hydrogen) atoms. The molecule has 0 radical (unpaired) electrons. The summed E-state index contributed by atoms with van der Waals surface area (Å²) in [5, 5.41) is 6.56. The van der Waals surface area contributed by atoms with Crippen molar-refractivity contribution in [2.75, 3.05) is 27.4 Å². The molecule has 1 heterocycles. The number of aromatic nitrogens is 1. The predicted octanol–water partition coefficient (Wildman–Crippen LogP) is 3.32. The number of aryl methyl sites for hydroxylation is 1. The van der Waals surface area contributed by atoms with Gasteiger partial charge in [0.25, 0.3) is 0 Å². The van der Waals surface area contributed by atoms with Gasteiger partial charge in [-0.2, -0.15) is 5.10 Å². The van der Waals surface area contributed by atoms with Gasteiger partial charge >= 0.3 is 11.8 Å². The molecule has 0 saturated heterocycles. The van der Waals surface area contributed by atoms with Gasteiger partial charge in [-0.1, -0.05) is 6.07 Å². The Hall–Kier alpha value is -4.27. The van der Waals surface area contributed by atoms with Gasteiger partial charge in [-0.3, -0.25) is 9.59 Å². The molecule has 3 aromatic rings. The highest BCUT2D eigenvalue weighted by Gasteiger charge is 2.13. The van der Waals surface area contributed by atoms with Crippen LogP contribution in [0.4, 0.5) is 0 Å². The number of rotatable bonds is 10. The van der Waals surface area contributed by atoms with Crippen LogP contribution in [0.25, 0.3) is 5.69 Å². The van der Waals surface area contributed by atoms with E-state index in [4.69, 9.17) is 14.2 Å². The standard InChI is InChI=1S/C27H32N4O5/c1-6-36-23-10-8-22(9-11-23)31-18(2)15-21(19(31)3)17-29-30-27(33)26(32)28-14-13-20-7-12-24(34-4)25(16-20)35-5/h7-12,15-17H,6,13-14H2,1-5H3,(H,28,32)(H,30,33)/b29-17-. The van der Waals surface area contributed by atoms with Gasteiger partial charge in [0.15, 0.2) is 11.5 Å². The summed E-state index contributed by atoms with van der Waals surface area (Å²) < 4.78 is 18.1. The Morgan fingerprint density at radius 2 is 1.69 bits per heavy atom. The molecule has 0 fully saturated rings. The third-order valence-corrected chi connectivity index (χ3v) is 5.60. The van der Waals surface area contributed by atoms with Crippen molar-refractivity contribution in [3.05, 3.63) is 71.0 Å². The van der Waals surface area contributed by atoms with Crippen molar-refractivity contribution in [2.45, 2.75) is 27.2 Å². The molecule has 0 spiro atoms. The smallest absolute Gasteiger partial charge is 0.329 e. The van der Waals surface area contributed by atoms with E-state index >= 15 is 0 Å². The number of nitrogens with one attached hydrogen (secondary N) is 2. The Bertz CT molecular complexity index is 1230. The Labute approximate surface area is 211 Å². The fraction of sp³-hybridized carbons (Fsp3) is 0.296. The Morgan fingerprint density at radius 1 is 0.972 bits per heavy atom. The molecule has 0 unspecified atom stereocenters. The number of amides is 2. The van der Waals surface area contributed by atoms with Crippen LogP contribution in [0, 0.1) is 13.8 Å². The molecular weight excluding hydrogens is 460 g/mol. The number of benzene rings is 2. The summed E-state index contributed by atoms with van der Waals surface area (Å²) in [6.45, 7) is 6.80.